The van der Waals surface area contributed by atoms with Crippen molar-refractivity contribution >= 4 is 5.97 Å². The van der Waals surface area contributed by atoms with Crippen LogP contribution >= 0.6 is 0 Å². The van der Waals surface area contributed by atoms with Gasteiger partial charge in [-0.15, -0.1) is 0 Å². The summed E-state index contributed by atoms with van der Waals surface area (Å²) in [5, 5.41) is 21.6. The molecular formula is C15H20O4. The molecule has 1 saturated heterocycles. The van der Waals surface area contributed by atoms with E-state index in [9.17, 15) is 15.0 Å². The molecule has 0 aromatic heterocycles. The molecule has 5 unspecified atom stereocenters. The summed E-state index contributed by atoms with van der Waals surface area (Å²) in [4.78, 5) is 11.7. The zero-order valence-electron chi connectivity index (χ0n) is 11.3. The predicted molar refractivity (Wildman–Crippen MR) is 69.2 cm³/mol. The fourth-order valence-corrected chi connectivity index (χ4v) is 3.96. The Morgan fingerprint density at radius 3 is 2.84 bits per heavy atom. The summed E-state index contributed by atoms with van der Waals surface area (Å²) in [6.07, 6.45) is 3.02. The molecule has 2 N–H and O–H groups in total. The first-order chi connectivity index (χ1) is 8.78. The standard InChI is InChI=1S/C15H20O4/c1-8-4-7-15(18)11(8)12-10(5-6-14(15,3)17)9(2)13(16)19-12/h4,10-12,17-18H,2,5-7H2,1,3H3. The van der Waals surface area contributed by atoms with E-state index < -0.39 is 17.3 Å². The first-order valence-electron chi connectivity index (χ1n) is 6.79. The number of rotatable bonds is 0. The summed E-state index contributed by atoms with van der Waals surface area (Å²) in [6, 6.07) is 0. The first kappa shape index (κ1) is 12.9. The van der Waals surface area contributed by atoms with E-state index in [0.717, 1.165) is 5.57 Å². The van der Waals surface area contributed by atoms with Crippen LogP contribution in [0.1, 0.15) is 33.1 Å². The van der Waals surface area contributed by atoms with Gasteiger partial charge in [-0.25, -0.2) is 4.79 Å². The maximum absolute atomic E-state index is 11.7. The largest absolute Gasteiger partial charge is 0.458 e. The zero-order valence-corrected chi connectivity index (χ0v) is 11.3. The van der Waals surface area contributed by atoms with Gasteiger partial charge >= 0.3 is 5.97 Å². The summed E-state index contributed by atoms with van der Waals surface area (Å²) >= 11 is 0. The monoisotopic (exact) mass is 264 g/mol. The van der Waals surface area contributed by atoms with Crippen molar-refractivity contribution in [2.45, 2.75) is 50.4 Å². The van der Waals surface area contributed by atoms with E-state index >= 15 is 0 Å². The van der Waals surface area contributed by atoms with Gasteiger partial charge in [-0.2, -0.15) is 0 Å². The Morgan fingerprint density at radius 2 is 2.16 bits per heavy atom. The number of esters is 1. The molecule has 19 heavy (non-hydrogen) atoms. The van der Waals surface area contributed by atoms with Gasteiger partial charge in [0.25, 0.3) is 0 Å². The molecule has 2 fully saturated rings. The lowest BCUT2D eigenvalue weighted by atomic mass is 9.72. The second-order valence-corrected chi connectivity index (χ2v) is 6.37. The van der Waals surface area contributed by atoms with E-state index in [0.29, 0.717) is 24.8 Å². The Balaban J connectivity index is 2.09. The SMILES string of the molecule is C=C1C(=O)OC2C1CCC(C)(O)C1(O)CC=C(C)C21. The van der Waals surface area contributed by atoms with Gasteiger partial charge in [0.1, 0.15) is 11.7 Å². The Bertz CT molecular complexity index is 490. The van der Waals surface area contributed by atoms with Crippen LogP contribution in [0.5, 0.6) is 0 Å². The van der Waals surface area contributed by atoms with Crippen molar-refractivity contribution in [2.75, 3.05) is 0 Å². The first-order valence-corrected chi connectivity index (χ1v) is 6.79. The molecule has 3 aliphatic rings. The molecule has 2 aliphatic carbocycles. The molecule has 1 aliphatic heterocycles. The van der Waals surface area contributed by atoms with Crippen molar-refractivity contribution in [1.29, 1.82) is 0 Å². The van der Waals surface area contributed by atoms with E-state index in [-0.39, 0.29) is 17.8 Å². The quantitative estimate of drug-likeness (QED) is 0.393. The van der Waals surface area contributed by atoms with Crippen LogP contribution in [0.15, 0.2) is 23.8 Å². The molecule has 4 nitrogen and oxygen atoms in total. The highest BCUT2D eigenvalue weighted by Crippen LogP contribution is 2.54. The second-order valence-electron chi connectivity index (χ2n) is 6.37. The molecule has 4 heteroatoms. The van der Waals surface area contributed by atoms with E-state index in [2.05, 4.69) is 6.58 Å². The lowest BCUT2D eigenvalue weighted by Crippen LogP contribution is -2.56. The highest BCUT2D eigenvalue weighted by molar-refractivity contribution is 5.91. The van der Waals surface area contributed by atoms with Gasteiger partial charge < -0.3 is 14.9 Å². The molecule has 0 amide bonds. The van der Waals surface area contributed by atoms with Gasteiger partial charge in [0.2, 0.25) is 0 Å². The van der Waals surface area contributed by atoms with Crippen molar-refractivity contribution in [3.8, 4) is 0 Å². The molecule has 1 saturated carbocycles. The highest BCUT2D eigenvalue weighted by atomic mass is 16.6. The summed E-state index contributed by atoms with van der Waals surface area (Å²) in [5.74, 6) is -0.795. The topological polar surface area (TPSA) is 66.8 Å². The molecule has 0 spiro atoms. The fraction of sp³-hybridized carbons (Fsp3) is 0.667. The number of carbonyl (C=O) groups excluding carboxylic acids is 1. The molecule has 104 valence electrons. The average Bonchev–Trinajstić information content (AvgIpc) is 2.75. The Labute approximate surface area is 112 Å². The minimum atomic E-state index is -1.25. The smallest absolute Gasteiger partial charge is 0.334 e. The third-order valence-electron chi connectivity index (χ3n) is 5.29. The van der Waals surface area contributed by atoms with Gasteiger partial charge in [-0.05, 0) is 33.1 Å². The number of aliphatic hydroxyl groups is 2. The normalized spacial score (nSPS) is 49.3. The Kier molecular flexibility index (Phi) is 2.51. The summed E-state index contributed by atoms with van der Waals surface area (Å²) < 4.78 is 5.45. The molecule has 5 atom stereocenters. The van der Waals surface area contributed by atoms with Gasteiger partial charge in [-0.1, -0.05) is 18.2 Å². The van der Waals surface area contributed by atoms with E-state index in [1.54, 1.807) is 6.92 Å². The van der Waals surface area contributed by atoms with E-state index in [1.165, 1.54) is 0 Å². The summed E-state index contributed by atoms with van der Waals surface area (Å²) in [7, 11) is 0. The van der Waals surface area contributed by atoms with Gasteiger partial charge in [0.05, 0.1) is 5.60 Å². The third kappa shape index (κ3) is 1.50. The zero-order chi connectivity index (χ0) is 14.0. The lowest BCUT2D eigenvalue weighted by Gasteiger charge is -2.43. The number of ether oxygens (including phenoxy) is 1. The van der Waals surface area contributed by atoms with Crippen molar-refractivity contribution in [3.63, 3.8) is 0 Å². The summed E-state index contributed by atoms with van der Waals surface area (Å²) in [6.45, 7) is 7.42. The van der Waals surface area contributed by atoms with Crippen molar-refractivity contribution in [2.24, 2.45) is 11.8 Å². The lowest BCUT2D eigenvalue weighted by molar-refractivity contribution is -0.176. The Hall–Kier alpha value is -1.13. The van der Waals surface area contributed by atoms with Gasteiger partial charge in [0.15, 0.2) is 0 Å². The third-order valence-corrected chi connectivity index (χ3v) is 5.29. The highest BCUT2D eigenvalue weighted by Gasteiger charge is 2.62. The van der Waals surface area contributed by atoms with E-state index in [4.69, 9.17) is 4.74 Å². The van der Waals surface area contributed by atoms with Gasteiger partial charge in [0, 0.05) is 17.4 Å². The predicted octanol–water partition coefficient (Wildman–Crippen LogP) is 1.33. The number of carbonyl (C=O) groups is 1. The van der Waals surface area contributed by atoms with Crippen LogP contribution in [0, 0.1) is 11.8 Å². The number of hydrogen-bond donors (Lipinski definition) is 2. The van der Waals surface area contributed by atoms with Crippen molar-refractivity contribution in [3.05, 3.63) is 23.8 Å². The van der Waals surface area contributed by atoms with Crippen molar-refractivity contribution in [1.82, 2.24) is 0 Å². The van der Waals surface area contributed by atoms with Crippen LogP contribution in [0.2, 0.25) is 0 Å². The summed E-state index contributed by atoms with van der Waals surface area (Å²) in [5.41, 5.74) is -0.961. The maximum Gasteiger partial charge on any atom is 0.334 e. The fourth-order valence-electron chi connectivity index (χ4n) is 3.96. The molecular weight excluding hydrogens is 244 g/mol. The Morgan fingerprint density at radius 1 is 1.47 bits per heavy atom. The van der Waals surface area contributed by atoms with Gasteiger partial charge in [-0.3, -0.25) is 0 Å². The number of hydrogen-bond acceptors (Lipinski definition) is 4. The average molecular weight is 264 g/mol. The number of fused-ring (bicyclic) bond motifs is 3. The van der Waals surface area contributed by atoms with E-state index in [1.807, 2.05) is 13.0 Å². The molecule has 0 aromatic rings. The van der Waals surface area contributed by atoms with Crippen molar-refractivity contribution < 1.29 is 19.7 Å². The minimum Gasteiger partial charge on any atom is -0.458 e. The molecule has 3 rings (SSSR count). The van der Waals surface area contributed by atoms with Crippen LogP contribution in [-0.2, 0) is 9.53 Å². The van der Waals surface area contributed by atoms with Crippen LogP contribution in [0.25, 0.3) is 0 Å². The van der Waals surface area contributed by atoms with Crippen LogP contribution in [-0.4, -0.2) is 33.5 Å². The minimum absolute atomic E-state index is 0.0977. The molecule has 0 aromatic carbocycles. The maximum atomic E-state index is 11.7. The molecule has 1 heterocycles. The molecule has 0 radical (unpaired) electrons. The van der Waals surface area contributed by atoms with Crippen LogP contribution < -0.4 is 0 Å². The second kappa shape index (κ2) is 3.70. The molecule has 0 bridgehead atoms. The van der Waals surface area contributed by atoms with Crippen LogP contribution in [0.4, 0.5) is 0 Å². The van der Waals surface area contributed by atoms with Crippen LogP contribution in [0.3, 0.4) is 0 Å².